The van der Waals surface area contributed by atoms with Gasteiger partial charge in [-0.1, -0.05) is 13.8 Å². The number of pyridine rings is 1. The van der Waals surface area contributed by atoms with Gasteiger partial charge in [0, 0.05) is 26.2 Å². The fraction of sp³-hybridized carbons (Fsp3) is 0.588. The molecule has 0 spiro atoms. The lowest BCUT2D eigenvalue weighted by molar-refractivity contribution is 0.0962. The number of carbonyl (C=O) groups is 1. The molecule has 1 heterocycles. The zero-order valence-electron chi connectivity index (χ0n) is 14.2. The van der Waals surface area contributed by atoms with E-state index in [1.165, 1.54) is 6.92 Å². The van der Waals surface area contributed by atoms with Gasteiger partial charge in [0.15, 0.2) is 5.78 Å². The van der Waals surface area contributed by atoms with Crippen molar-refractivity contribution in [2.24, 2.45) is 5.92 Å². The number of ketones is 1. The second kappa shape index (κ2) is 8.49. The molecular formula is C17H24N2O4. The first kappa shape index (κ1) is 18.9. The molecule has 6 heteroatoms. The maximum Gasteiger partial charge on any atom is 0.271 e. The quantitative estimate of drug-likeness (QED) is 0.586. The van der Waals surface area contributed by atoms with E-state index in [9.17, 15) is 20.0 Å². The van der Waals surface area contributed by atoms with Crippen molar-refractivity contribution in [1.82, 2.24) is 4.57 Å². The number of rotatable bonds is 8. The number of Topliss-reactive ketones (excluding diaryl/α,β-unsaturated/α-hetero) is 1. The highest BCUT2D eigenvalue weighted by Crippen LogP contribution is 2.24. The van der Waals surface area contributed by atoms with Gasteiger partial charge in [0.25, 0.3) is 5.56 Å². The molecule has 0 saturated carbocycles. The largest absolute Gasteiger partial charge is 0.494 e. The van der Waals surface area contributed by atoms with E-state index in [-0.39, 0.29) is 47.2 Å². The van der Waals surface area contributed by atoms with E-state index in [0.29, 0.717) is 19.6 Å². The van der Waals surface area contributed by atoms with E-state index in [1.807, 2.05) is 26.8 Å². The summed E-state index contributed by atoms with van der Waals surface area (Å²) >= 11 is 0. The molecule has 0 atom stereocenters. The number of aromatic nitrogens is 1. The Morgan fingerprint density at radius 3 is 2.61 bits per heavy atom. The monoisotopic (exact) mass is 320 g/mol. The van der Waals surface area contributed by atoms with Crippen molar-refractivity contribution in [2.45, 2.75) is 47.1 Å². The smallest absolute Gasteiger partial charge is 0.271 e. The van der Waals surface area contributed by atoms with Crippen LogP contribution in [0.1, 0.15) is 55.1 Å². The summed E-state index contributed by atoms with van der Waals surface area (Å²) in [5.74, 6) is -0.496. The average Bonchev–Trinajstić information content (AvgIpc) is 2.46. The van der Waals surface area contributed by atoms with Crippen molar-refractivity contribution in [3.8, 4) is 11.9 Å². The Bertz CT molecular complexity index is 669. The molecule has 23 heavy (non-hydrogen) atoms. The second-order valence-corrected chi connectivity index (χ2v) is 5.84. The van der Waals surface area contributed by atoms with E-state index >= 15 is 0 Å². The molecule has 0 amide bonds. The van der Waals surface area contributed by atoms with Crippen LogP contribution in [0.2, 0.25) is 0 Å². The Labute approximate surface area is 136 Å². The first-order valence-electron chi connectivity index (χ1n) is 7.82. The van der Waals surface area contributed by atoms with Crippen LogP contribution in [0.3, 0.4) is 0 Å². The third-order valence-corrected chi connectivity index (χ3v) is 3.55. The SMILES string of the molecule is CCOCCCn1c(O)c(C(=O)CC(C)C)c(C)c(C#N)c1=O. The van der Waals surface area contributed by atoms with Crippen LogP contribution in [-0.2, 0) is 11.3 Å². The van der Waals surface area contributed by atoms with Gasteiger partial charge in [-0.15, -0.1) is 0 Å². The number of aromatic hydroxyl groups is 1. The third-order valence-electron chi connectivity index (χ3n) is 3.55. The highest BCUT2D eigenvalue weighted by atomic mass is 16.5. The molecule has 0 bridgehead atoms. The van der Waals surface area contributed by atoms with Crippen molar-refractivity contribution in [1.29, 1.82) is 5.26 Å². The van der Waals surface area contributed by atoms with Crippen molar-refractivity contribution in [3.05, 3.63) is 27.0 Å². The standard InChI is InChI=1S/C17H24N2O4/c1-5-23-8-6-7-19-16(21)13(10-18)12(4)15(17(19)22)14(20)9-11(2)3/h11,22H,5-9H2,1-4H3. The van der Waals surface area contributed by atoms with Crippen LogP contribution >= 0.6 is 0 Å². The highest BCUT2D eigenvalue weighted by Gasteiger charge is 2.24. The molecule has 1 rings (SSSR count). The zero-order valence-corrected chi connectivity index (χ0v) is 14.2. The van der Waals surface area contributed by atoms with Crippen LogP contribution in [0.15, 0.2) is 4.79 Å². The lowest BCUT2D eigenvalue weighted by Crippen LogP contribution is -2.27. The summed E-state index contributed by atoms with van der Waals surface area (Å²) in [6, 6.07) is 1.85. The molecule has 6 nitrogen and oxygen atoms in total. The molecule has 0 aliphatic carbocycles. The van der Waals surface area contributed by atoms with Gasteiger partial charge in [-0.2, -0.15) is 5.26 Å². The maximum absolute atomic E-state index is 12.4. The Balaban J connectivity index is 3.33. The number of ether oxygens (including phenoxy) is 1. The lowest BCUT2D eigenvalue weighted by atomic mass is 9.96. The van der Waals surface area contributed by atoms with Crippen LogP contribution in [0.4, 0.5) is 0 Å². The summed E-state index contributed by atoms with van der Waals surface area (Å²) in [7, 11) is 0. The molecule has 1 aromatic rings. The fourth-order valence-corrected chi connectivity index (χ4v) is 2.43. The van der Waals surface area contributed by atoms with Crippen LogP contribution in [0.5, 0.6) is 5.88 Å². The minimum absolute atomic E-state index is 0.0752. The number of nitriles is 1. The molecule has 0 aliphatic heterocycles. The minimum Gasteiger partial charge on any atom is -0.494 e. The topological polar surface area (TPSA) is 92.3 Å². The number of hydrogen-bond acceptors (Lipinski definition) is 5. The third kappa shape index (κ3) is 4.42. The molecule has 0 radical (unpaired) electrons. The second-order valence-electron chi connectivity index (χ2n) is 5.84. The molecule has 0 fully saturated rings. The highest BCUT2D eigenvalue weighted by molar-refractivity contribution is 6.00. The maximum atomic E-state index is 12.4. The average molecular weight is 320 g/mol. The molecule has 0 saturated heterocycles. The van der Waals surface area contributed by atoms with Gasteiger partial charge < -0.3 is 9.84 Å². The predicted molar refractivity (Wildman–Crippen MR) is 86.7 cm³/mol. The molecular weight excluding hydrogens is 296 g/mol. The number of nitrogens with zero attached hydrogens (tertiary/aromatic N) is 2. The van der Waals surface area contributed by atoms with Gasteiger partial charge >= 0.3 is 0 Å². The summed E-state index contributed by atoms with van der Waals surface area (Å²) in [6.45, 7) is 8.39. The summed E-state index contributed by atoms with van der Waals surface area (Å²) in [6.07, 6.45) is 0.753. The van der Waals surface area contributed by atoms with Gasteiger partial charge in [0.1, 0.15) is 11.6 Å². The molecule has 1 aromatic heterocycles. The molecule has 0 unspecified atom stereocenters. The van der Waals surface area contributed by atoms with E-state index in [1.54, 1.807) is 0 Å². The van der Waals surface area contributed by atoms with E-state index < -0.39 is 5.56 Å². The predicted octanol–water partition coefficient (Wildman–Crippen LogP) is 2.39. The first-order valence-corrected chi connectivity index (χ1v) is 7.82. The summed E-state index contributed by atoms with van der Waals surface area (Å²) in [5.41, 5.74) is -0.334. The van der Waals surface area contributed by atoms with Gasteiger partial charge in [0.05, 0.1) is 5.56 Å². The summed E-state index contributed by atoms with van der Waals surface area (Å²) in [5, 5.41) is 19.6. The minimum atomic E-state index is -0.569. The van der Waals surface area contributed by atoms with Crippen molar-refractivity contribution in [3.63, 3.8) is 0 Å². The number of carbonyl (C=O) groups excluding carboxylic acids is 1. The lowest BCUT2D eigenvalue weighted by Gasteiger charge is -2.16. The van der Waals surface area contributed by atoms with Gasteiger partial charge in [-0.25, -0.2) is 0 Å². The Hall–Kier alpha value is -2.13. The normalized spacial score (nSPS) is 10.8. The van der Waals surface area contributed by atoms with Gasteiger partial charge in [0.2, 0.25) is 5.88 Å². The number of hydrogen-bond donors (Lipinski definition) is 1. The van der Waals surface area contributed by atoms with Gasteiger partial charge in [-0.05, 0) is 31.7 Å². The van der Waals surface area contributed by atoms with Crippen molar-refractivity contribution < 1.29 is 14.6 Å². The Morgan fingerprint density at radius 2 is 2.09 bits per heavy atom. The van der Waals surface area contributed by atoms with Crippen LogP contribution < -0.4 is 5.56 Å². The first-order chi connectivity index (χ1) is 10.8. The summed E-state index contributed by atoms with van der Waals surface area (Å²) in [4.78, 5) is 24.7. The summed E-state index contributed by atoms with van der Waals surface area (Å²) < 4.78 is 6.31. The zero-order chi connectivity index (χ0) is 17.6. The Morgan fingerprint density at radius 1 is 1.43 bits per heavy atom. The van der Waals surface area contributed by atoms with Crippen molar-refractivity contribution >= 4 is 5.78 Å². The van der Waals surface area contributed by atoms with Crippen LogP contribution in [0, 0.1) is 24.2 Å². The Kier molecular flexibility index (Phi) is 6.98. The van der Waals surface area contributed by atoms with E-state index in [0.717, 1.165) is 4.57 Å². The molecule has 126 valence electrons. The van der Waals surface area contributed by atoms with Crippen LogP contribution in [-0.4, -0.2) is 28.7 Å². The van der Waals surface area contributed by atoms with E-state index in [2.05, 4.69) is 0 Å². The molecule has 0 aromatic carbocycles. The fourth-order valence-electron chi connectivity index (χ4n) is 2.43. The van der Waals surface area contributed by atoms with Crippen LogP contribution in [0.25, 0.3) is 0 Å². The molecule has 0 aliphatic rings. The van der Waals surface area contributed by atoms with E-state index in [4.69, 9.17) is 4.74 Å². The van der Waals surface area contributed by atoms with Crippen molar-refractivity contribution in [2.75, 3.05) is 13.2 Å². The molecule has 1 N–H and O–H groups in total. The van der Waals surface area contributed by atoms with Gasteiger partial charge in [-0.3, -0.25) is 14.2 Å².